The van der Waals surface area contributed by atoms with Gasteiger partial charge in [-0.05, 0) is 22.9 Å². The van der Waals surface area contributed by atoms with Crippen LogP contribution < -0.4 is 0 Å². The van der Waals surface area contributed by atoms with Crippen molar-refractivity contribution < 1.29 is 9.90 Å². The smallest absolute Gasteiger partial charge is 0.312 e. The highest BCUT2D eigenvalue weighted by Gasteiger charge is 2.18. The summed E-state index contributed by atoms with van der Waals surface area (Å²) in [6, 6.07) is 0. The number of hydrogen-bond donors (Lipinski definition) is 1. The van der Waals surface area contributed by atoms with Crippen molar-refractivity contribution in [2.75, 3.05) is 0 Å². The SMILES string of the molecule is CCc1ncc(Br)c(C(C)C(=O)O)n1. The van der Waals surface area contributed by atoms with Crippen LogP contribution in [0, 0.1) is 0 Å². The molecule has 0 aliphatic carbocycles. The number of nitrogens with zero attached hydrogens (tertiary/aromatic N) is 2. The van der Waals surface area contributed by atoms with Gasteiger partial charge in [-0.15, -0.1) is 0 Å². The van der Waals surface area contributed by atoms with Crippen LogP contribution in [0.4, 0.5) is 0 Å². The number of rotatable bonds is 3. The molecule has 1 N–H and O–H groups in total. The first-order valence-corrected chi connectivity index (χ1v) is 5.09. The van der Waals surface area contributed by atoms with Crippen molar-refractivity contribution in [1.29, 1.82) is 0 Å². The number of hydrogen-bond acceptors (Lipinski definition) is 3. The van der Waals surface area contributed by atoms with Gasteiger partial charge in [0.25, 0.3) is 0 Å². The van der Waals surface area contributed by atoms with E-state index in [0.717, 1.165) is 0 Å². The van der Waals surface area contributed by atoms with Crippen LogP contribution in [0.3, 0.4) is 0 Å². The Morgan fingerprint density at radius 2 is 2.36 bits per heavy atom. The molecule has 14 heavy (non-hydrogen) atoms. The first-order chi connectivity index (χ1) is 6.56. The van der Waals surface area contributed by atoms with Gasteiger partial charge in [0, 0.05) is 12.6 Å². The number of carboxylic acids is 1. The Morgan fingerprint density at radius 1 is 1.71 bits per heavy atom. The Bertz CT molecular complexity index is 355. The van der Waals surface area contributed by atoms with Crippen LogP contribution in [0.2, 0.25) is 0 Å². The minimum absolute atomic E-state index is 0.532. The molecule has 0 saturated carbocycles. The van der Waals surface area contributed by atoms with E-state index < -0.39 is 11.9 Å². The summed E-state index contributed by atoms with van der Waals surface area (Å²) in [4.78, 5) is 19.0. The molecular formula is C9H11BrN2O2. The quantitative estimate of drug-likeness (QED) is 0.901. The van der Waals surface area contributed by atoms with Gasteiger partial charge in [0.1, 0.15) is 5.82 Å². The summed E-state index contributed by atoms with van der Waals surface area (Å²) in [5.41, 5.74) is 0.532. The van der Waals surface area contributed by atoms with Gasteiger partial charge in [0.15, 0.2) is 0 Å². The molecule has 4 nitrogen and oxygen atoms in total. The van der Waals surface area contributed by atoms with E-state index in [1.807, 2.05) is 6.92 Å². The normalized spacial score (nSPS) is 12.5. The van der Waals surface area contributed by atoms with Gasteiger partial charge in [0.2, 0.25) is 0 Å². The van der Waals surface area contributed by atoms with Crippen LogP contribution in [-0.4, -0.2) is 21.0 Å². The zero-order valence-corrected chi connectivity index (χ0v) is 9.58. The summed E-state index contributed by atoms with van der Waals surface area (Å²) >= 11 is 3.24. The summed E-state index contributed by atoms with van der Waals surface area (Å²) in [5.74, 6) is -0.833. The average Bonchev–Trinajstić information content (AvgIpc) is 2.17. The topological polar surface area (TPSA) is 63.1 Å². The first-order valence-electron chi connectivity index (χ1n) is 4.30. The highest BCUT2D eigenvalue weighted by Crippen LogP contribution is 2.22. The van der Waals surface area contributed by atoms with E-state index >= 15 is 0 Å². The van der Waals surface area contributed by atoms with Crippen molar-refractivity contribution in [1.82, 2.24) is 9.97 Å². The van der Waals surface area contributed by atoms with E-state index in [9.17, 15) is 4.79 Å². The third-order valence-electron chi connectivity index (χ3n) is 1.92. The van der Waals surface area contributed by atoms with E-state index in [0.29, 0.717) is 22.4 Å². The Kier molecular flexibility index (Phi) is 3.57. The van der Waals surface area contributed by atoms with Gasteiger partial charge in [0.05, 0.1) is 16.1 Å². The van der Waals surface area contributed by atoms with Crippen LogP contribution in [0.1, 0.15) is 31.3 Å². The predicted octanol–water partition coefficient (Wildman–Crippen LogP) is 1.99. The van der Waals surface area contributed by atoms with Crippen molar-refractivity contribution in [2.24, 2.45) is 0 Å². The number of aliphatic carboxylic acids is 1. The Morgan fingerprint density at radius 3 is 2.86 bits per heavy atom. The molecule has 5 heteroatoms. The van der Waals surface area contributed by atoms with Gasteiger partial charge >= 0.3 is 5.97 Å². The molecule has 1 atom stereocenters. The molecule has 1 rings (SSSR count). The number of aromatic nitrogens is 2. The maximum Gasteiger partial charge on any atom is 0.312 e. The maximum atomic E-state index is 10.8. The second-order valence-corrected chi connectivity index (χ2v) is 3.79. The van der Waals surface area contributed by atoms with E-state index in [1.165, 1.54) is 0 Å². The fraction of sp³-hybridized carbons (Fsp3) is 0.444. The Balaban J connectivity index is 3.11. The molecule has 0 aliphatic rings. The predicted molar refractivity (Wildman–Crippen MR) is 55.2 cm³/mol. The highest BCUT2D eigenvalue weighted by molar-refractivity contribution is 9.10. The lowest BCUT2D eigenvalue weighted by Crippen LogP contribution is -2.11. The van der Waals surface area contributed by atoms with Crippen molar-refractivity contribution in [3.63, 3.8) is 0 Å². The van der Waals surface area contributed by atoms with Gasteiger partial charge in [-0.1, -0.05) is 6.92 Å². The number of halogens is 1. The van der Waals surface area contributed by atoms with Crippen molar-refractivity contribution in [3.05, 3.63) is 22.2 Å². The van der Waals surface area contributed by atoms with Crippen LogP contribution in [-0.2, 0) is 11.2 Å². The van der Waals surface area contributed by atoms with E-state index in [-0.39, 0.29) is 0 Å². The maximum absolute atomic E-state index is 10.8. The number of carboxylic acid groups (broad SMARTS) is 1. The van der Waals surface area contributed by atoms with Crippen LogP contribution >= 0.6 is 15.9 Å². The van der Waals surface area contributed by atoms with Gasteiger partial charge in [-0.3, -0.25) is 4.79 Å². The fourth-order valence-corrected chi connectivity index (χ4v) is 1.54. The van der Waals surface area contributed by atoms with E-state index in [1.54, 1.807) is 13.1 Å². The molecule has 0 aromatic carbocycles. The molecule has 0 radical (unpaired) electrons. The molecule has 1 heterocycles. The van der Waals surface area contributed by atoms with E-state index in [2.05, 4.69) is 25.9 Å². The molecule has 0 amide bonds. The van der Waals surface area contributed by atoms with Gasteiger partial charge in [-0.2, -0.15) is 0 Å². The van der Waals surface area contributed by atoms with Crippen LogP contribution in [0.25, 0.3) is 0 Å². The van der Waals surface area contributed by atoms with Crippen LogP contribution in [0.15, 0.2) is 10.7 Å². The minimum Gasteiger partial charge on any atom is -0.481 e. The summed E-state index contributed by atoms with van der Waals surface area (Å²) in [6.45, 7) is 3.54. The van der Waals surface area contributed by atoms with Gasteiger partial charge in [-0.25, -0.2) is 9.97 Å². The first kappa shape index (κ1) is 11.1. The molecular weight excluding hydrogens is 248 g/mol. The van der Waals surface area contributed by atoms with Crippen LogP contribution in [0.5, 0.6) is 0 Å². The lowest BCUT2D eigenvalue weighted by Gasteiger charge is -2.08. The number of carbonyl (C=O) groups is 1. The summed E-state index contributed by atoms with van der Waals surface area (Å²) in [6.07, 6.45) is 2.30. The lowest BCUT2D eigenvalue weighted by atomic mass is 10.1. The molecule has 1 aromatic heterocycles. The molecule has 0 aliphatic heterocycles. The molecule has 0 saturated heterocycles. The monoisotopic (exact) mass is 258 g/mol. The molecule has 0 spiro atoms. The number of aryl methyl sites for hydroxylation is 1. The fourth-order valence-electron chi connectivity index (χ4n) is 1.01. The Hall–Kier alpha value is -0.970. The summed E-state index contributed by atoms with van der Waals surface area (Å²) < 4.78 is 0.643. The summed E-state index contributed by atoms with van der Waals surface area (Å²) in [5, 5.41) is 8.84. The highest BCUT2D eigenvalue weighted by atomic mass is 79.9. The molecule has 76 valence electrons. The minimum atomic E-state index is -0.883. The third kappa shape index (κ3) is 2.29. The molecule has 1 unspecified atom stereocenters. The second-order valence-electron chi connectivity index (χ2n) is 2.93. The lowest BCUT2D eigenvalue weighted by molar-refractivity contribution is -0.138. The summed E-state index contributed by atoms with van der Waals surface area (Å²) in [7, 11) is 0. The molecule has 0 fully saturated rings. The van der Waals surface area contributed by atoms with Crippen molar-refractivity contribution in [2.45, 2.75) is 26.2 Å². The molecule has 1 aromatic rings. The van der Waals surface area contributed by atoms with Gasteiger partial charge < -0.3 is 5.11 Å². The zero-order chi connectivity index (χ0) is 10.7. The average molecular weight is 259 g/mol. The second kappa shape index (κ2) is 4.50. The standard InChI is InChI=1S/C9H11BrN2O2/c1-3-7-11-4-6(10)8(12-7)5(2)9(13)14/h4-5H,3H2,1-2H3,(H,13,14). The zero-order valence-electron chi connectivity index (χ0n) is 7.99. The van der Waals surface area contributed by atoms with Crippen molar-refractivity contribution >= 4 is 21.9 Å². The largest absolute Gasteiger partial charge is 0.481 e. The molecule has 0 bridgehead atoms. The third-order valence-corrected chi connectivity index (χ3v) is 2.53. The van der Waals surface area contributed by atoms with E-state index in [4.69, 9.17) is 5.11 Å². The Labute approximate surface area is 90.5 Å². The van der Waals surface area contributed by atoms with Crippen molar-refractivity contribution in [3.8, 4) is 0 Å².